The van der Waals surface area contributed by atoms with Crippen LogP contribution in [0.3, 0.4) is 0 Å². The van der Waals surface area contributed by atoms with Gasteiger partial charge in [0.05, 0.1) is 10.4 Å². The molecule has 0 radical (unpaired) electrons. The van der Waals surface area contributed by atoms with Gasteiger partial charge in [0, 0.05) is 6.04 Å². The van der Waals surface area contributed by atoms with Gasteiger partial charge >= 0.3 is 0 Å². The topological polar surface area (TPSA) is 57.4 Å². The summed E-state index contributed by atoms with van der Waals surface area (Å²) in [6, 6.07) is 16.2. The largest absolute Gasteiger partial charge is 0.383 e. The molecule has 0 aromatic heterocycles. The molecule has 132 valence electrons. The van der Waals surface area contributed by atoms with Crippen LogP contribution in [-0.4, -0.2) is 29.4 Å². The summed E-state index contributed by atoms with van der Waals surface area (Å²) in [5, 5.41) is 11.4. The van der Waals surface area contributed by atoms with Gasteiger partial charge < -0.3 is 5.11 Å². The minimum absolute atomic E-state index is 0.131. The minimum atomic E-state index is -3.62. The second-order valence-electron chi connectivity index (χ2n) is 7.38. The molecule has 0 bridgehead atoms. The first-order valence-electron chi connectivity index (χ1n) is 8.71. The van der Waals surface area contributed by atoms with E-state index in [9.17, 15) is 13.5 Å². The fourth-order valence-corrected chi connectivity index (χ4v) is 6.66. The van der Waals surface area contributed by atoms with Gasteiger partial charge in [0.2, 0.25) is 10.0 Å². The highest BCUT2D eigenvalue weighted by atomic mass is 32.2. The summed E-state index contributed by atoms with van der Waals surface area (Å²) in [6.07, 6.45) is 2.42. The van der Waals surface area contributed by atoms with Crippen molar-refractivity contribution in [2.45, 2.75) is 55.2 Å². The SMILES string of the molecule is Cc1ccc(S(=O)(=O)N2[C@H]3CCC[C@]32[C@](C)(O)c2ccccc2)cc1. The molecule has 1 saturated carbocycles. The van der Waals surface area contributed by atoms with Gasteiger partial charge in [-0.1, -0.05) is 48.0 Å². The predicted octanol–water partition coefficient (Wildman–Crippen LogP) is 3.20. The molecule has 2 fully saturated rings. The van der Waals surface area contributed by atoms with Crippen LogP contribution in [0.5, 0.6) is 0 Å². The highest BCUT2D eigenvalue weighted by Crippen LogP contribution is 2.63. The molecule has 4 rings (SSSR count). The molecule has 2 aromatic carbocycles. The lowest BCUT2D eigenvalue weighted by Gasteiger charge is -2.33. The van der Waals surface area contributed by atoms with Gasteiger partial charge in [0.1, 0.15) is 5.60 Å². The second kappa shape index (κ2) is 5.40. The quantitative estimate of drug-likeness (QED) is 0.855. The zero-order valence-electron chi connectivity index (χ0n) is 14.5. The van der Waals surface area contributed by atoms with Gasteiger partial charge in [-0.05, 0) is 50.8 Å². The summed E-state index contributed by atoms with van der Waals surface area (Å²) in [7, 11) is -3.62. The maximum atomic E-state index is 13.2. The van der Waals surface area contributed by atoms with Crippen molar-refractivity contribution < 1.29 is 13.5 Å². The third kappa shape index (κ3) is 2.23. The predicted molar refractivity (Wildman–Crippen MR) is 96.6 cm³/mol. The Labute approximate surface area is 149 Å². The zero-order valence-corrected chi connectivity index (χ0v) is 15.3. The van der Waals surface area contributed by atoms with Gasteiger partial charge in [-0.25, -0.2) is 8.42 Å². The molecule has 2 aromatic rings. The Morgan fingerprint density at radius 1 is 1.12 bits per heavy atom. The van der Waals surface area contributed by atoms with Crippen molar-refractivity contribution in [2.24, 2.45) is 0 Å². The van der Waals surface area contributed by atoms with Crippen LogP contribution in [-0.2, 0) is 15.6 Å². The van der Waals surface area contributed by atoms with Crippen molar-refractivity contribution >= 4 is 10.0 Å². The van der Waals surface area contributed by atoms with Crippen LogP contribution >= 0.6 is 0 Å². The number of piperidine rings is 1. The molecule has 2 aliphatic rings. The Balaban J connectivity index is 1.77. The van der Waals surface area contributed by atoms with Gasteiger partial charge in [-0.3, -0.25) is 0 Å². The Kier molecular flexibility index (Phi) is 3.62. The lowest BCUT2D eigenvalue weighted by molar-refractivity contribution is 0.00248. The van der Waals surface area contributed by atoms with Crippen molar-refractivity contribution in [3.63, 3.8) is 0 Å². The fraction of sp³-hybridized carbons (Fsp3) is 0.400. The number of sulfonamides is 1. The first kappa shape index (κ1) is 16.8. The molecule has 1 N–H and O–H groups in total. The number of hydrogen-bond donors (Lipinski definition) is 1. The number of fused-ring (bicyclic) bond motifs is 1. The standard InChI is InChI=1S/C20H23NO3S/c1-15-10-12-17(13-11-15)25(23,24)21-18-9-6-14-20(18,21)19(2,22)16-7-4-3-5-8-16/h3-5,7-8,10-13,18,22H,6,9,14H2,1-2H3/t18-,19+,20+,21?/m0/s1. The molecule has 0 spiro atoms. The number of aliphatic hydroxyl groups is 1. The van der Waals surface area contributed by atoms with Crippen LogP contribution in [0.25, 0.3) is 0 Å². The van der Waals surface area contributed by atoms with E-state index >= 15 is 0 Å². The van der Waals surface area contributed by atoms with E-state index in [-0.39, 0.29) is 6.04 Å². The second-order valence-corrected chi connectivity index (χ2v) is 9.20. The van der Waals surface area contributed by atoms with Crippen molar-refractivity contribution in [1.29, 1.82) is 0 Å². The van der Waals surface area contributed by atoms with Crippen LogP contribution in [0.4, 0.5) is 0 Å². The molecule has 4 nitrogen and oxygen atoms in total. The van der Waals surface area contributed by atoms with E-state index < -0.39 is 21.2 Å². The minimum Gasteiger partial charge on any atom is -0.383 e. The van der Waals surface area contributed by atoms with Crippen molar-refractivity contribution in [3.8, 4) is 0 Å². The molecule has 0 amide bonds. The van der Waals surface area contributed by atoms with E-state index in [4.69, 9.17) is 0 Å². The molecule has 25 heavy (non-hydrogen) atoms. The average Bonchev–Trinajstić information content (AvgIpc) is 3.08. The molecule has 1 saturated heterocycles. The number of rotatable bonds is 4. The zero-order chi connectivity index (χ0) is 17.9. The third-order valence-corrected chi connectivity index (χ3v) is 7.92. The normalized spacial score (nSPS) is 30.5. The third-order valence-electron chi connectivity index (χ3n) is 5.95. The van der Waals surface area contributed by atoms with Crippen LogP contribution < -0.4 is 0 Å². The lowest BCUT2D eigenvalue weighted by Crippen LogP contribution is -2.43. The van der Waals surface area contributed by atoms with Crippen molar-refractivity contribution in [1.82, 2.24) is 4.31 Å². The number of benzene rings is 2. The van der Waals surface area contributed by atoms with Gasteiger partial charge in [0.25, 0.3) is 0 Å². The number of aryl methyl sites for hydroxylation is 1. The highest BCUT2D eigenvalue weighted by Gasteiger charge is 2.77. The Morgan fingerprint density at radius 3 is 2.40 bits per heavy atom. The Hall–Kier alpha value is -1.69. The van der Waals surface area contributed by atoms with Crippen molar-refractivity contribution in [3.05, 3.63) is 65.7 Å². The summed E-state index contributed by atoms with van der Waals surface area (Å²) in [5.74, 6) is 0. The summed E-state index contributed by atoms with van der Waals surface area (Å²) in [6.45, 7) is 3.69. The van der Waals surface area contributed by atoms with Crippen LogP contribution in [0.1, 0.15) is 37.3 Å². The van der Waals surface area contributed by atoms with Gasteiger partial charge in [0.15, 0.2) is 0 Å². The summed E-state index contributed by atoms with van der Waals surface area (Å²) >= 11 is 0. The average molecular weight is 357 g/mol. The van der Waals surface area contributed by atoms with E-state index in [0.29, 0.717) is 11.3 Å². The monoisotopic (exact) mass is 357 g/mol. The summed E-state index contributed by atoms with van der Waals surface area (Å²) < 4.78 is 28.0. The molecule has 1 heterocycles. The van der Waals surface area contributed by atoms with Gasteiger partial charge in [-0.2, -0.15) is 4.31 Å². The highest BCUT2D eigenvalue weighted by molar-refractivity contribution is 7.89. The van der Waals surface area contributed by atoms with Crippen molar-refractivity contribution in [2.75, 3.05) is 0 Å². The number of nitrogens with zero attached hydrogens (tertiary/aromatic N) is 1. The molecular formula is C20H23NO3S. The molecule has 1 unspecified atom stereocenters. The summed E-state index contributed by atoms with van der Waals surface area (Å²) in [4.78, 5) is 0.302. The molecule has 5 heteroatoms. The first-order chi connectivity index (χ1) is 11.8. The molecular weight excluding hydrogens is 334 g/mol. The van der Waals surface area contributed by atoms with Crippen LogP contribution in [0.2, 0.25) is 0 Å². The van der Waals surface area contributed by atoms with E-state index in [1.807, 2.05) is 49.4 Å². The fourth-order valence-electron chi connectivity index (χ4n) is 4.56. The smallest absolute Gasteiger partial charge is 0.244 e. The van der Waals surface area contributed by atoms with Crippen LogP contribution in [0, 0.1) is 6.92 Å². The van der Waals surface area contributed by atoms with Crippen LogP contribution in [0.15, 0.2) is 59.5 Å². The molecule has 1 aliphatic carbocycles. The maximum Gasteiger partial charge on any atom is 0.244 e. The summed E-state index contributed by atoms with van der Waals surface area (Å²) in [5.41, 5.74) is -0.162. The van der Waals surface area contributed by atoms with E-state index in [1.54, 1.807) is 23.4 Å². The van der Waals surface area contributed by atoms with E-state index in [1.165, 1.54) is 0 Å². The number of hydrogen-bond acceptors (Lipinski definition) is 3. The van der Waals surface area contributed by atoms with E-state index in [2.05, 4.69) is 0 Å². The first-order valence-corrected chi connectivity index (χ1v) is 10.1. The Bertz CT molecular complexity index is 890. The Morgan fingerprint density at radius 2 is 1.76 bits per heavy atom. The lowest BCUT2D eigenvalue weighted by atomic mass is 9.80. The molecule has 4 atom stereocenters. The van der Waals surface area contributed by atoms with Gasteiger partial charge in [-0.15, -0.1) is 0 Å². The maximum absolute atomic E-state index is 13.2. The molecule has 1 aliphatic heterocycles. The van der Waals surface area contributed by atoms with E-state index in [0.717, 1.165) is 24.0 Å².